The second-order valence-corrected chi connectivity index (χ2v) is 12.7. The minimum atomic E-state index is -3.60. The van der Waals surface area contributed by atoms with E-state index in [0.717, 1.165) is 23.0 Å². The zero-order valence-electron chi connectivity index (χ0n) is 19.2. The highest BCUT2D eigenvalue weighted by atomic mass is 79.9. The number of hydrogen-bond donors (Lipinski definition) is 1. The van der Waals surface area contributed by atoms with Gasteiger partial charge in [-0.3, -0.25) is 4.57 Å². The van der Waals surface area contributed by atoms with Crippen molar-refractivity contribution in [3.05, 3.63) is 58.6 Å². The largest absolute Gasteiger partial charge is 0.378 e. The minimum absolute atomic E-state index is 0.131. The molecule has 0 spiro atoms. The van der Waals surface area contributed by atoms with Crippen molar-refractivity contribution in [2.45, 2.75) is 52.0 Å². The standard InChI is InChI=1S/C25H35BrNO3P/c1-17(2)23-15-6-18(3)16-24(23)30-31(29,22-13-11-21(12-14-22)27(4)5)25(28)19-7-9-20(26)10-8-19/h7-14,17-18,23-25,28H,6,15-16H2,1-5H3/t18-,23-,24-,25+,31-/m1/s1. The van der Waals surface area contributed by atoms with Gasteiger partial charge in [0.05, 0.1) is 6.10 Å². The summed E-state index contributed by atoms with van der Waals surface area (Å²) < 4.78 is 22.0. The van der Waals surface area contributed by atoms with Crippen molar-refractivity contribution in [2.24, 2.45) is 17.8 Å². The average molecular weight is 508 g/mol. The third-order valence-corrected chi connectivity index (χ3v) is 9.54. The smallest absolute Gasteiger partial charge is 0.264 e. The molecule has 1 fully saturated rings. The van der Waals surface area contributed by atoms with E-state index < -0.39 is 13.2 Å². The number of benzene rings is 2. The van der Waals surface area contributed by atoms with Crippen LogP contribution in [0.4, 0.5) is 5.69 Å². The van der Waals surface area contributed by atoms with Crippen molar-refractivity contribution in [3.63, 3.8) is 0 Å². The first-order chi connectivity index (χ1) is 14.6. The van der Waals surface area contributed by atoms with Crippen molar-refractivity contribution < 1.29 is 14.2 Å². The quantitative estimate of drug-likeness (QED) is 0.429. The molecule has 170 valence electrons. The van der Waals surface area contributed by atoms with E-state index in [9.17, 15) is 9.67 Å². The first-order valence-electron chi connectivity index (χ1n) is 11.1. The number of anilines is 1. The number of aliphatic hydroxyl groups excluding tert-OH is 1. The Morgan fingerprint density at radius 1 is 1.06 bits per heavy atom. The van der Waals surface area contributed by atoms with Gasteiger partial charge in [0.25, 0.3) is 7.37 Å². The molecule has 0 heterocycles. The Kier molecular flexibility index (Phi) is 8.07. The Morgan fingerprint density at radius 3 is 2.23 bits per heavy atom. The van der Waals surface area contributed by atoms with Gasteiger partial charge in [0.15, 0.2) is 5.85 Å². The lowest BCUT2D eigenvalue weighted by Gasteiger charge is -2.40. The van der Waals surface area contributed by atoms with Crippen LogP contribution in [0.1, 0.15) is 51.4 Å². The van der Waals surface area contributed by atoms with E-state index >= 15 is 0 Å². The molecular weight excluding hydrogens is 473 g/mol. The summed E-state index contributed by atoms with van der Waals surface area (Å²) in [4.78, 5) is 2.00. The molecule has 1 aliphatic carbocycles. The third kappa shape index (κ3) is 5.63. The molecule has 6 heteroatoms. The summed E-state index contributed by atoms with van der Waals surface area (Å²) in [7, 11) is 0.341. The summed E-state index contributed by atoms with van der Waals surface area (Å²) in [6, 6.07) is 14.9. The van der Waals surface area contributed by atoms with Gasteiger partial charge in [-0.2, -0.15) is 0 Å². The van der Waals surface area contributed by atoms with Crippen molar-refractivity contribution >= 4 is 34.3 Å². The van der Waals surface area contributed by atoms with Crippen LogP contribution in [0.3, 0.4) is 0 Å². The minimum Gasteiger partial charge on any atom is -0.378 e. The van der Waals surface area contributed by atoms with Crippen molar-refractivity contribution in [1.29, 1.82) is 0 Å². The van der Waals surface area contributed by atoms with E-state index in [0.29, 0.717) is 28.6 Å². The maximum atomic E-state index is 14.5. The molecule has 0 radical (unpaired) electrons. The predicted molar refractivity (Wildman–Crippen MR) is 133 cm³/mol. The normalized spacial score (nSPS) is 24.6. The summed E-state index contributed by atoms with van der Waals surface area (Å²) in [5.74, 6) is 0.0832. The number of hydrogen-bond acceptors (Lipinski definition) is 4. The molecule has 0 saturated heterocycles. The fourth-order valence-electron chi connectivity index (χ4n) is 4.49. The Morgan fingerprint density at radius 2 is 1.68 bits per heavy atom. The molecular formula is C25H35BrNO3P. The highest BCUT2D eigenvalue weighted by molar-refractivity contribution is 9.10. The molecule has 0 aliphatic heterocycles. The SMILES string of the molecule is CC(C)[C@H]1CC[C@@H](C)C[C@H]1O[P@](=O)(c1ccc(N(C)C)cc1)[C@H](O)c1ccc(Br)cc1. The number of rotatable bonds is 7. The van der Waals surface area contributed by atoms with Gasteiger partial charge in [0.1, 0.15) is 0 Å². The molecule has 4 nitrogen and oxygen atoms in total. The molecule has 1 N–H and O–H groups in total. The Labute approximate surface area is 195 Å². The molecule has 31 heavy (non-hydrogen) atoms. The van der Waals surface area contributed by atoms with Crippen LogP contribution in [0, 0.1) is 17.8 Å². The fraction of sp³-hybridized carbons (Fsp3) is 0.520. The topological polar surface area (TPSA) is 49.8 Å². The van der Waals surface area contributed by atoms with E-state index in [1.165, 1.54) is 6.42 Å². The summed E-state index contributed by atoms with van der Waals surface area (Å²) in [6.07, 6.45) is 2.97. The number of nitrogens with zero attached hydrogens (tertiary/aromatic N) is 1. The number of aliphatic hydroxyl groups is 1. The van der Waals surface area contributed by atoms with Gasteiger partial charge in [-0.05, 0) is 72.6 Å². The highest BCUT2D eigenvalue weighted by Crippen LogP contribution is 2.60. The van der Waals surface area contributed by atoms with Crippen LogP contribution >= 0.6 is 23.3 Å². The van der Waals surface area contributed by atoms with Crippen molar-refractivity contribution in [3.8, 4) is 0 Å². The molecule has 3 rings (SSSR count). The second-order valence-electron chi connectivity index (χ2n) is 9.40. The van der Waals surface area contributed by atoms with Crippen LogP contribution in [0.2, 0.25) is 0 Å². The van der Waals surface area contributed by atoms with Crippen LogP contribution in [0.25, 0.3) is 0 Å². The lowest BCUT2D eigenvalue weighted by Crippen LogP contribution is -2.35. The van der Waals surface area contributed by atoms with E-state index in [4.69, 9.17) is 4.52 Å². The van der Waals surface area contributed by atoms with Gasteiger partial charge in [-0.15, -0.1) is 0 Å². The van der Waals surface area contributed by atoms with Crippen LogP contribution in [-0.2, 0) is 9.09 Å². The maximum absolute atomic E-state index is 14.5. The molecule has 0 unspecified atom stereocenters. The highest BCUT2D eigenvalue weighted by Gasteiger charge is 2.42. The van der Waals surface area contributed by atoms with E-state index in [1.807, 2.05) is 67.5 Å². The molecule has 1 aliphatic rings. The molecule has 2 aromatic carbocycles. The average Bonchev–Trinajstić information content (AvgIpc) is 2.73. The first kappa shape index (κ1) is 24.5. The van der Waals surface area contributed by atoms with E-state index in [-0.39, 0.29) is 6.10 Å². The summed E-state index contributed by atoms with van der Waals surface area (Å²) in [5.41, 5.74) is 1.62. The van der Waals surface area contributed by atoms with Gasteiger partial charge < -0.3 is 14.5 Å². The van der Waals surface area contributed by atoms with Gasteiger partial charge >= 0.3 is 0 Å². The predicted octanol–water partition coefficient (Wildman–Crippen LogP) is 6.59. The monoisotopic (exact) mass is 507 g/mol. The first-order valence-corrected chi connectivity index (χ1v) is 13.6. The zero-order valence-corrected chi connectivity index (χ0v) is 21.6. The molecule has 0 aromatic heterocycles. The Balaban J connectivity index is 2.02. The number of halogens is 1. The summed E-state index contributed by atoms with van der Waals surface area (Å²) >= 11 is 3.43. The van der Waals surface area contributed by atoms with Crippen LogP contribution in [-0.4, -0.2) is 25.3 Å². The maximum Gasteiger partial charge on any atom is 0.264 e. The van der Waals surface area contributed by atoms with Crippen molar-refractivity contribution in [2.75, 3.05) is 19.0 Å². The van der Waals surface area contributed by atoms with Gasteiger partial charge in [-0.25, -0.2) is 0 Å². The lowest BCUT2D eigenvalue weighted by molar-refractivity contribution is 0.0427. The van der Waals surface area contributed by atoms with Gasteiger partial charge in [0, 0.05) is 29.6 Å². The van der Waals surface area contributed by atoms with Gasteiger partial charge in [0.2, 0.25) is 0 Å². The molecule has 2 aromatic rings. The third-order valence-electron chi connectivity index (χ3n) is 6.47. The van der Waals surface area contributed by atoms with E-state index in [1.54, 1.807) is 0 Å². The van der Waals surface area contributed by atoms with Crippen molar-refractivity contribution in [1.82, 2.24) is 0 Å². The van der Waals surface area contributed by atoms with Crippen LogP contribution in [0.15, 0.2) is 53.0 Å². The van der Waals surface area contributed by atoms with E-state index in [2.05, 4.69) is 36.7 Å². The van der Waals surface area contributed by atoms with Gasteiger partial charge in [-0.1, -0.05) is 55.3 Å². The molecule has 0 bridgehead atoms. The van der Waals surface area contributed by atoms with Crippen LogP contribution in [0.5, 0.6) is 0 Å². The lowest BCUT2D eigenvalue weighted by atomic mass is 9.75. The summed E-state index contributed by atoms with van der Waals surface area (Å²) in [5, 5.41) is 11.9. The van der Waals surface area contributed by atoms with Crippen LogP contribution < -0.4 is 10.2 Å². The Bertz CT molecular complexity index is 898. The fourth-order valence-corrected chi connectivity index (χ4v) is 7.04. The summed E-state index contributed by atoms with van der Waals surface area (Å²) in [6.45, 7) is 6.65. The second kappa shape index (κ2) is 10.2. The zero-order chi connectivity index (χ0) is 22.8. The molecule has 5 atom stereocenters. The molecule has 1 saturated carbocycles. The molecule has 0 amide bonds. The Hall–Kier alpha value is -1.13.